The van der Waals surface area contributed by atoms with Gasteiger partial charge in [-0.2, -0.15) is 0 Å². The van der Waals surface area contributed by atoms with Gasteiger partial charge in [0.05, 0.1) is 13.7 Å². The zero-order chi connectivity index (χ0) is 16.4. The number of carbonyl (C=O) groups excluding carboxylic acids is 2. The summed E-state index contributed by atoms with van der Waals surface area (Å²) < 4.78 is 11.0. The third kappa shape index (κ3) is 2.94. The molecule has 0 atom stereocenters. The van der Waals surface area contributed by atoms with Crippen LogP contribution in [0.15, 0.2) is 36.5 Å². The van der Waals surface area contributed by atoms with Crippen molar-refractivity contribution in [2.45, 2.75) is 6.92 Å². The van der Waals surface area contributed by atoms with Gasteiger partial charge in [-0.3, -0.25) is 4.79 Å². The van der Waals surface area contributed by atoms with Crippen LogP contribution in [0.5, 0.6) is 17.2 Å². The lowest BCUT2D eigenvalue weighted by Crippen LogP contribution is -2.31. The summed E-state index contributed by atoms with van der Waals surface area (Å²) in [5.74, 6) is 1.64. The highest BCUT2D eigenvalue weighted by molar-refractivity contribution is 6.19. The van der Waals surface area contributed by atoms with Gasteiger partial charge in [-0.05, 0) is 24.6 Å². The molecule has 1 N–H and O–H groups in total. The van der Waals surface area contributed by atoms with E-state index in [0.717, 1.165) is 10.5 Å². The minimum absolute atomic E-state index is 0.0270. The Morgan fingerprint density at radius 3 is 2.65 bits per heavy atom. The molecule has 1 aromatic heterocycles. The van der Waals surface area contributed by atoms with E-state index in [1.807, 2.05) is 19.1 Å². The van der Waals surface area contributed by atoms with E-state index in [1.165, 1.54) is 12.3 Å². The van der Waals surface area contributed by atoms with Gasteiger partial charge in [-0.15, -0.1) is 0 Å². The second-order valence-corrected chi connectivity index (χ2v) is 4.97. The molecule has 0 spiro atoms. The number of nitrogens with zero attached hydrogens (tertiary/aromatic N) is 2. The number of pyridine rings is 1. The van der Waals surface area contributed by atoms with Gasteiger partial charge >= 0.3 is 6.03 Å². The highest BCUT2D eigenvalue weighted by Gasteiger charge is 2.31. The maximum atomic E-state index is 11.7. The lowest BCUT2D eigenvalue weighted by molar-refractivity contribution is -0.115. The summed E-state index contributed by atoms with van der Waals surface area (Å²) in [5, 5.41) is 2.45. The predicted octanol–water partition coefficient (Wildman–Crippen LogP) is 2.25. The van der Waals surface area contributed by atoms with Crippen molar-refractivity contribution in [2.24, 2.45) is 0 Å². The van der Waals surface area contributed by atoms with Gasteiger partial charge in [0.1, 0.15) is 23.1 Å². The average Bonchev–Trinajstić information content (AvgIpc) is 2.88. The number of amides is 3. The number of methoxy groups -OCH3 is 1. The quantitative estimate of drug-likeness (QED) is 0.876. The van der Waals surface area contributed by atoms with Crippen LogP contribution in [0.2, 0.25) is 0 Å². The molecule has 3 rings (SSSR count). The molecule has 3 amide bonds. The molecule has 0 saturated carbocycles. The van der Waals surface area contributed by atoms with Crippen LogP contribution in [0.1, 0.15) is 5.56 Å². The molecule has 0 radical (unpaired) electrons. The Bertz CT molecular complexity index is 760. The first-order valence-corrected chi connectivity index (χ1v) is 6.98. The Labute approximate surface area is 132 Å². The summed E-state index contributed by atoms with van der Waals surface area (Å²) in [5.41, 5.74) is 0.995. The van der Waals surface area contributed by atoms with E-state index < -0.39 is 6.03 Å². The molecule has 0 aliphatic carbocycles. The van der Waals surface area contributed by atoms with Crippen LogP contribution in [-0.2, 0) is 4.79 Å². The molecule has 0 bridgehead atoms. The van der Waals surface area contributed by atoms with Crippen molar-refractivity contribution in [3.8, 4) is 17.2 Å². The minimum Gasteiger partial charge on any atom is -0.496 e. The maximum Gasteiger partial charge on any atom is 0.330 e. The van der Waals surface area contributed by atoms with Gasteiger partial charge in [0.25, 0.3) is 5.91 Å². The first-order chi connectivity index (χ1) is 11.1. The average molecular weight is 313 g/mol. The largest absolute Gasteiger partial charge is 0.496 e. The number of imide groups is 1. The normalized spacial score (nSPS) is 13.9. The second kappa shape index (κ2) is 5.96. The molecule has 1 saturated heterocycles. The van der Waals surface area contributed by atoms with E-state index in [4.69, 9.17) is 9.47 Å². The summed E-state index contributed by atoms with van der Waals surface area (Å²) in [6.07, 6.45) is 1.48. The Hall–Kier alpha value is -3.09. The van der Waals surface area contributed by atoms with E-state index in [2.05, 4.69) is 10.3 Å². The van der Waals surface area contributed by atoms with Crippen molar-refractivity contribution in [2.75, 3.05) is 18.6 Å². The minimum atomic E-state index is -0.489. The number of carbonyl (C=O) groups is 2. The summed E-state index contributed by atoms with van der Waals surface area (Å²) in [4.78, 5) is 28.4. The van der Waals surface area contributed by atoms with Gasteiger partial charge in [-0.25, -0.2) is 14.7 Å². The van der Waals surface area contributed by atoms with Crippen LogP contribution >= 0.6 is 0 Å². The van der Waals surface area contributed by atoms with Crippen LogP contribution < -0.4 is 19.7 Å². The Balaban J connectivity index is 1.86. The lowest BCUT2D eigenvalue weighted by Gasteiger charge is -2.13. The number of hydrogen-bond donors (Lipinski definition) is 1. The fourth-order valence-corrected chi connectivity index (χ4v) is 2.24. The number of benzene rings is 1. The van der Waals surface area contributed by atoms with Crippen LogP contribution in [0.25, 0.3) is 0 Å². The van der Waals surface area contributed by atoms with Gasteiger partial charge < -0.3 is 14.8 Å². The second-order valence-electron chi connectivity index (χ2n) is 4.97. The van der Waals surface area contributed by atoms with Gasteiger partial charge in [0.2, 0.25) is 0 Å². The fraction of sp³-hybridized carbons (Fsp3) is 0.188. The Kier molecular flexibility index (Phi) is 3.84. The Morgan fingerprint density at radius 2 is 1.96 bits per heavy atom. The van der Waals surface area contributed by atoms with Crippen LogP contribution in [0.4, 0.5) is 10.6 Å². The van der Waals surface area contributed by atoms with Crippen molar-refractivity contribution in [1.29, 1.82) is 0 Å². The van der Waals surface area contributed by atoms with Crippen molar-refractivity contribution in [3.05, 3.63) is 42.1 Å². The summed E-state index contributed by atoms with van der Waals surface area (Å²) in [6.45, 7) is 1.91. The molecule has 1 aliphatic heterocycles. The molecule has 2 aromatic rings. The van der Waals surface area contributed by atoms with E-state index >= 15 is 0 Å². The summed E-state index contributed by atoms with van der Waals surface area (Å²) in [6, 6.07) is 8.16. The van der Waals surface area contributed by atoms with Crippen LogP contribution in [0, 0.1) is 6.92 Å². The zero-order valence-corrected chi connectivity index (χ0v) is 12.7. The highest BCUT2D eigenvalue weighted by atomic mass is 16.5. The third-order valence-electron chi connectivity index (χ3n) is 3.40. The SMILES string of the molecule is COc1cc(Oc2ccnc(N3C(=O)CNC3=O)c2)ccc1C. The molecule has 2 heterocycles. The molecule has 7 heteroatoms. The number of aromatic nitrogens is 1. The zero-order valence-electron chi connectivity index (χ0n) is 12.7. The first-order valence-electron chi connectivity index (χ1n) is 6.98. The summed E-state index contributed by atoms with van der Waals surface area (Å²) in [7, 11) is 1.59. The monoisotopic (exact) mass is 313 g/mol. The molecule has 7 nitrogen and oxygen atoms in total. The van der Waals surface area contributed by atoms with Crippen molar-refractivity contribution in [1.82, 2.24) is 10.3 Å². The van der Waals surface area contributed by atoms with Gasteiger partial charge in [0.15, 0.2) is 0 Å². The number of rotatable bonds is 4. The number of anilines is 1. The number of nitrogens with one attached hydrogen (secondary N) is 1. The lowest BCUT2D eigenvalue weighted by atomic mass is 10.2. The van der Waals surface area contributed by atoms with Crippen LogP contribution in [-0.4, -0.2) is 30.6 Å². The number of urea groups is 1. The van der Waals surface area contributed by atoms with E-state index in [9.17, 15) is 9.59 Å². The molecular weight excluding hydrogens is 298 g/mol. The van der Waals surface area contributed by atoms with E-state index in [1.54, 1.807) is 19.2 Å². The maximum absolute atomic E-state index is 11.7. The topological polar surface area (TPSA) is 80.8 Å². The summed E-state index contributed by atoms with van der Waals surface area (Å²) >= 11 is 0. The van der Waals surface area contributed by atoms with E-state index in [-0.39, 0.29) is 18.3 Å². The van der Waals surface area contributed by atoms with Gasteiger partial charge in [0, 0.05) is 18.3 Å². The smallest absolute Gasteiger partial charge is 0.330 e. The molecule has 1 fully saturated rings. The van der Waals surface area contributed by atoms with Crippen molar-refractivity contribution >= 4 is 17.8 Å². The highest BCUT2D eigenvalue weighted by Crippen LogP contribution is 2.29. The molecular formula is C16H15N3O4. The molecule has 1 aliphatic rings. The number of aryl methyl sites for hydroxylation is 1. The van der Waals surface area contributed by atoms with Crippen molar-refractivity contribution < 1.29 is 19.1 Å². The standard InChI is InChI=1S/C16H15N3O4/c1-10-3-4-11(7-13(10)22-2)23-12-5-6-17-14(8-12)19-15(20)9-18-16(19)21/h3-8H,9H2,1-2H3,(H,18,21). The van der Waals surface area contributed by atoms with Gasteiger partial charge in [-0.1, -0.05) is 6.07 Å². The molecule has 23 heavy (non-hydrogen) atoms. The predicted molar refractivity (Wildman–Crippen MR) is 82.9 cm³/mol. The molecule has 0 unspecified atom stereocenters. The number of hydrogen-bond acceptors (Lipinski definition) is 5. The first kappa shape index (κ1) is 14.8. The van der Waals surface area contributed by atoms with Crippen LogP contribution in [0.3, 0.4) is 0 Å². The molecule has 118 valence electrons. The van der Waals surface area contributed by atoms with E-state index in [0.29, 0.717) is 17.2 Å². The fourth-order valence-electron chi connectivity index (χ4n) is 2.24. The van der Waals surface area contributed by atoms with Crippen molar-refractivity contribution in [3.63, 3.8) is 0 Å². The third-order valence-corrected chi connectivity index (χ3v) is 3.40. The number of ether oxygens (including phenoxy) is 2. The molecule has 1 aromatic carbocycles. The Morgan fingerprint density at radius 1 is 1.17 bits per heavy atom.